The molecular formula is C14H21NO2S. The fourth-order valence-corrected chi connectivity index (χ4v) is 3.28. The number of aliphatic carboxylic acids is 1. The van der Waals surface area contributed by atoms with Gasteiger partial charge >= 0.3 is 5.97 Å². The molecular weight excluding hydrogens is 246 g/mol. The highest BCUT2D eigenvalue weighted by Crippen LogP contribution is 2.28. The van der Waals surface area contributed by atoms with Crippen LogP contribution in [0.25, 0.3) is 0 Å². The van der Waals surface area contributed by atoms with Crippen molar-refractivity contribution in [1.82, 2.24) is 4.90 Å². The monoisotopic (exact) mass is 267 g/mol. The summed E-state index contributed by atoms with van der Waals surface area (Å²) in [4.78, 5) is 13.8. The number of likely N-dealkylation sites (tertiary alicyclic amines) is 1. The Morgan fingerprint density at radius 3 is 2.72 bits per heavy atom. The lowest BCUT2D eigenvalue weighted by Gasteiger charge is -2.41. The second-order valence-electron chi connectivity index (χ2n) is 5.56. The first-order valence-electron chi connectivity index (χ1n) is 6.52. The van der Waals surface area contributed by atoms with Crippen LogP contribution < -0.4 is 0 Å². The Morgan fingerprint density at radius 2 is 2.22 bits per heavy atom. The molecule has 1 aliphatic rings. The van der Waals surface area contributed by atoms with Gasteiger partial charge in [0.05, 0.1) is 0 Å². The van der Waals surface area contributed by atoms with Gasteiger partial charge in [-0.05, 0) is 61.2 Å². The lowest BCUT2D eigenvalue weighted by atomic mass is 9.88. The van der Waals surface area contributed by atoms with Crippen LogP contribution in [0.15, 0.2) is 16.8 Å². The maximum absolute atomic E-state index is 11.7. The number of carboxylic acid groups (broad SMARTS) is 1. The predicted molar refractivity (Wildman–Crippen MR) is 74.0 cm³/mol. The summed E-state index contributed by atoms with van der Waals surface area (Å²) in [5.41, 5.74) is 0.366. The molecule has 0 bridgehead atoms. The third kappa shape index (κ3) is 2.75. The van der Waals surface area contributed by atoms with Crippen molar-refractivity contribution in [3.05, 3.63) is 22.4 Å². The van der Waals surface area contributed by atoms with E-state index in [0.717, 1.165) is 37.4 Å². The first-order valence-corrected chi connectivity index (χ1v) is 7.46. The summed E-state index contributed by atoms with van der Waals surface area (Å²) in [7, 11) is 0. The number of carboxylic acids is 1. The molecule has 1 fully saturated rings. The summed E-state index contributed by atoms with van der Waals surface area (Å²) in [5.74, 6) is 0.0173. The summed E-state index contributed by atoms with van der Waals surface area (Å²) in [6.45, 7) is 5.90. The van der Waals surface area contributed by atoms with E-state index in [0.29, 0.717) is 6.42 Å². The SMILES string of the molecule is CC1CCN(C(C)(Cc2ccsc2)C(=O)O)CC1. The first kappa shape index (κ1) is 13.6. The van der Waals surface area contributed by atoms with Gasteiger partial charge in [-0.2, -0.15) is 11.3 Å². The van der Waals surface area contributed by atoms with Gasteiger partial charge in [0.15, 0.2) is 0 Å². The molecule has 1 unspecified atom stereocenters. The molecule has 0 aromatic carbocycles. The number of hydrogen-bond donors (Lipinski definition) is 1. The van der Waals surface area contributed by atoms with Gasteiger partial charge < -0.3 is 5.11 Å². The second-order valence-corrected chi connectivity index (χ2v) is 6.34. The van der Waals surface area contributed by atoms with Crippen LogP contribution in [0.1, 0.15) is 32.3 Å². The quantitative estimate of drug-likeness (QED) is 0.912. The Morgan fingerprint density at radius 1 is 1.56 bits per heavy atom. The molecule has 100 valence electrons. The molecule has 1 aromatic heterocycles. The van der Waals surface area contributed by atoms with Gasteiger partial charge in [-0.25, -0.2) is 0 Å². The fourth-order valence-electron chi connectivity index (χ4n) is 2.62. The van der Waals surface area contributed by atoms with Crippen LogP contribution in [-0.4, -0.2) is 34.6 Å². The Hall–Kier alpha value is -0.870. The maximum Gasteiger partial charge on any atom is 0.324 e. The second kappa shape index (κ2) is 5.41. The Kier molecular flexibility index (Phi) is 4.07. The molecule has 1 atom stereocenters. The zero-order valence-corrected chi connectivity index (χ0v) is 11.9. The van der Waals surface area contributed by atoms with Crippen LogP contribution in [0, 0.1) is 5.92 Å². The Bertz CT molecular complexity index is 396. The summed E-state index contributed by atoms with van der Waals surface area (Å²) in [5, 5.41) is 13.7. The highest BCUT2D eigenvalue weighted by atomic mass is 32.1. The van der Waals surface area contributed by atoms with E-state index in [-0.39, 0.29) is 0 Å². The van der Waals surface area contributed by atoms with Crippen molar-refractivity contribution in [2.45, 2.75) is 38.6 Å². The molecule has 0 aliphatic carbocycles. The number of nitrogens with zero attached hydrogens (tertiary/aromatic N) is 1. The molecule has 1 aliphatic heterocycles. The lowest BCUT2D eigenvalue weighted by molar-refractivity contribution is -0.151. The van der Waals surface area contributed by atoms with Crippen molar-refractivity contribution in [2.24, 2.45) is 5.92 Å². The van der Waals surface area contributed by atoms with Crippen LogP contribution >= 0.6 is 11.3 Å². The number of carbonyl (C=O) groups is 1. The number of rotatable bonds is 4. The molecule has 1 saturated heterocycles. The molecule has 4 heteroatoms. The van der Waals surface area contributed by atoms with Gasteiger partial charge in [-0.15, -0.1) is 0 Å². The average molecular weight is 267 g/mol. The van der Waals surface area contributed by atoms with Gasteiger partial charge in [-0.1, -0.05) is 6.92 Å². The maximum atomic E-state index is 11.7. The zero-order valence-electron chi connectivity index (χ0n) is 11.1. The minimum absolute atomic E-state index is 0.597. The van der Waals surface area contributed by atoms with Crippen molar-refractivity contribution in [3.8, 4) is 0 Å². The molecule has 2 rings (SSSR count). The highest BCUT2D eigenvalue weighted by molar-refractivity contribution is 7.07. The van der Waals surface area contributed by atoms with E-state index in [1.807, 2.05) is 23.8 Å². The van der Waals surface area contributed by atoms with Crippen LogP contribution in [-0.2, 0) is 11.2 Å². The summed E-state index contributed by atoms with van der Waals surface area (Å²) in [6.07, 6.45) is 2.80. The van der Waals surface area contributed by atoms with Crippen molar-refractivity contribution < 1.29 is 9.90 Å². The smallest absolute Gasteiger partial charge is 0.324 e. The van der Waals surface area contributed by atoms with E-state index >= 15 is 0 Å². The molecule has 3 nitrogen and oxygen atoms in total. The molecule has 2 heterocycles. The average Bonchev–Trinajstić information content (AvgIpc) is 2.82. The number of piperidine rings is 1. The van der Waals surface area contributed by atoms with Crippen molar-refractivity contribution in [2.75, 3.05) is 13.1 Å². The van der Waals surface area contributed by atoms with Gasteiger partial charge in [0.2, 0.25) is 0 Å². The molecule has 0 amide bonds. The normalized spacial score (nSPS) is 21.7. The first-order chi connectivity index (χ1) is 8.52. The topological polar surface area (TPSA) is 40.5 Å². The molecule has 0 radical (unpaired) electrons. The van der Waals surface area contributed by atoms with Crippen LogP contribution in [0.4, 0.5) is 0 Å². The molecule has 18 heavy (non-hydrogen) atoms. The highest BCUT2D eigenvalue weighted by Gasteiger charge is 2.40. The van der Waals surface area contributed by atoms with E-state index in [2.05, 4.69) is 11.8 Å². The van der Waals surface area contributed by atoms with Gasteiger partial charge in [-0.3, -0.25) is 9.69 Å². The van der Waals surface area contributed by atoms with Gasteiger partial charge in [0.25, 0.3) is 0 Å². The number of hydrogen-bond acceptors (Lipinski definition) is 3. The van der Waals surface area contributed by atoms with Crippen LogP contribution in [0.3, 0.4) is 0 Å². The van der Waals surface area contributed by atoms with Crippen molar-refractivity contribution in [3.63, 3.8) is 0 Å². The van der Waals surface area contributed by atoms with E-state index in [4.69, 9.17) is 0 Å². The van der Waals surface area contributed by atoms with E-state index in [9.17, 15) is 9.90 Å². The largest absolute Gasteiger partial charge is 0.480 e. The Labute approximate surface area is 112 Å². The standard InChI is InChI=1S/C14H21NO2S/c1-11-3-6-15(7-4-11)14(2,13(16)17)9-12-5-8-18-10-12/h5,8,10-11H,3-4,6-7,9H2,1-2H3,(H,16,17). The minimum Gasteiger partial charge on any atom is -0.480 e. The molecule has 0 saturated carbocycles. The predicted octanol–water partition coefficient (Wildman–Crippen LogP) is 2.87. The van der Waals surface area contributed by atoms with Crippen molar-refractivity contribution >= 4 is 17.3 Å². The molecule has 0 spiro atoms. The van der Waals surface area contributed by atoms with Crippen LogP contribution in [0.5, 0.6) is 0 Å². The third-order valence-electron chi connectivity index (χ3n) is 4.07. The third-order valence-corrected chi connectivity index (χ3v) is 4.80. The summed E-state index contributed by atoms with van der Waals surface area (Å²) in [6, 6.07) is 2.03. The van der Waals surface area contributed by atoms with Gasteiger partial charge in [0, 0.05) is 6.42 Å². The molecule has 1 aromatic rings. The van der Waals surface area contributed by atoms with Gasteiger partial charge in [0.1, 0.15) is 5.54 Å². The molecule has 1 N–H and O–H groups in total. The van der Waals surface area contributed by atoms with E-state index in [1.165, 1.54) is 0 Å². The summed E-state index contributed by atoms with van der Waals surface area (Å²) >= 11 is 1.63. The Balaban J connectivity index is 2.13. The fraction of sp³-hybridized carbons (Fsp3) is 0.643. The number of thiophene rings is 1. The van der Waals surface area contributed by atoms with Crippen LogP contribution in [0.2, 0.25) is 0 Å². The van der Waals surface area contributed by atoms with E-state index < -0.39 is 11.5 Å². The van der Waals surface area contributed by atoms with Crippen molar-refractivity contribution in [1.29, 1.82) is 0 Å². The van der Waals surface area contributed by atoms with E-state index in [1.54, 1.807) is 11.3 Å². The zero-order chi connectivity index (χ0) is 13.2. The summed E-state index contributed by atoms with van der Waals surface area (Å²) < 4.78 is 0. The lowest BCUT2D eigenvalue weighted by Crippen LogP contribution is -2.56. The minimum atomic E-state index is -0.763.